The first-order chi connectivity index (χ1) is 11.1. The zero-order valence-electron chi connectivity index (χ0n) is 13.1. The molecule has 122 valence electrons. The van der Waals surface area contributed by atoms with E-state index in [0.717, 1.165) is 31.2 Å². The maximum atomic E-state index is 12.2. The summed E-state index contributed by atoms with van der Waals surface area (Å²) in [5.41, 5.74) is 7.05. The summed E-state index contributed by atoms with van der Waals surface area (Å²) in [7, 11) is 0. The van der Waals surface area contributed by atoms with Gasteiger partial charge in [-0.15, -0.1) is 11.3 Å². The number of thiophene rings is 1. The molecule has 0 saturated heterocycles. The van der Waals surface area contributed by atoms with E-state index in [1.54, 1.807) is 12.1 Å². The number of anilines is 1. The fourth-order valence-electron chi connectivity index (χ4n) is 3.23. The fraction of sp³-hybridized carbons (Fsp3) is 0.412. The van der Waals surface area contributed by atoms with Gasteiger partial charge in [0.2, 0.25) is 0 Å². The molecule has 2 heterocycles. The van der Waals surface area contributed by atoms with E-state index in [1.807, 2.05) is 0 Å². The summed E-state index contributed by atoms with van der Waals surface area (Å²) in [5.74, 6) is 0.0311. The smallest absolute Gasteiger partial charge is 0.291 e. The number of primary amides is 1. The Bertz CT molecular complexity index is 719. The number of carbonyl (C=O) groups excluding carboxylic acids is 2. The molecule has 0 saturated carbocycles. The predicted octanol–water partition coefficient (Wildman–Crippen LogP) is 3.60. The zero-order chi connectivity index (χ0) is 16.4. The van der Waals surface area contributed by atoms with Gasteiger partial charge in [-0.05, 0) is 42.9 Å². The first-order valence-electron chi connectivity index (χ1n) is 7.89. The molecule has 3 rings (SSSR count). The number of nitrogens with two attached hydrogens (primary N) is 1. The number of rotatable bonds is 5. The second-order valence-electron chi connectivity index (χ2n) is 5.90. The number of nitrogens with one attached hydrogen (secondary N) is 1. The summed E-state index contributed by atoms with van der Waals surface area (Å²) in [5, 5.41) is 3.33. The Morgan fingerprint density at radius 3 is 2.96 bits per heavy atom. The van der Waals surface area contributed by atoms with Crippen molar-refractivity contribution in [2.75, 3.05) is 5.32 Å². The highest BCUT2D eigenvalue weighted by Crippen LogP contribution is 2.40. The van der Waals surface area contributed by atoms with Crippen molar-refractivity contribution in [1.82, 2.24) is 0 Å². The average molecular weight is 332 g/mol. The summed E-state index contributed by atoms with van der Waals surface area (Å²) < 4.78 is 5.10. The maximum absolute atomic E-state index is 12.2. The van der Waals surface area contributed by atoms with Crippen LogP contribution in [0.15, 0.2) is 22.8 Å². The van der Waals surface area contributed by atoms with Crippen molar-refractivity contribution in [3.05, 3.63) is 40.2 Å². The Balaban J connectivity index is 1.88. The second kappa shape index (κ2) is 6.58. The first-order valence-corrected chi connectivity index (χ1v) is 8.71. The topological polar surface area (TPSA) is 85.3 Å². The molecular weight excluding hydrogens is 312 g/mol. The standard InChI is InChI=1S/C17H20N2O3S/c1-2-4-10-6-7-11-13(9-10)23-17(14(11)15(18)20)19-16(21)12-5-3-8-22-12/h3,5,8,10H,2,4,6-7,9H2,1H3,(H2,18,20)(H,19,21)/t10-/m1/s1. The predicted molar refractivity (Wildman–Crippen MR) is 89.9 cm³/mol. The van der Waals surface area contributed by atoms with Crippen molar-refractivity contribution in [3.8, 4) is 0 Å². The third-order valence-corrected chi connectivity index (χ3v) is 5.45. The van der Waals surface area contributed by atoms with Gasteiger partial charge in [0.25, 0.3) is 11.8 Å². The zero-order valence-corrected chi connectivity index (χ0v) is 13.9. The van der Waals surface area contributed by atoms with Gasteiger partial charge in [0, 0.05) is 4.88 Å². The van der Waals surface area contributed by atoms with E-state index < -0.39 is 5.91 Å². The third-order valence-electron chi connectivity index (χ3n) is 4.28. The van der Waals surface area contributed by atoms with E-state index in [0.29, 0.717) is 16.5 Å². The number of furan rings is 1. The highest BCUT2D eigenvalue weighted by atomic mass is 32.1. The van der Waals surface area contributed by atoms with Gasteiger partial charge < -0.3 is 15.5 Å². The van der Waals surface area contributed by atoms with Gasteiger partial charge in [-0.2, -0.15) is 0 Å². The molecule has 0 aromatic carbocycles. The van der Waals surface area contributed by atoms with Crippen molar-refractivity contribution in [1.29, 1.82) is 0 Å². The number of hydrogen-bond donors (Lipinski definition) is 2. The molecule has 1 aliphatic carbocycles. The summed E-state index contributed by atoms with van der Waals surface area (Å²) >= 11 is 1.47. The van der Waals surface area contributed by atoms with Crippen LogP contribution in [0.1, 0.15) is 57.5 Å². The third kappa shape index (κ3) is 3.17. The Morgan fingerprint density at radius 2 is 2.30 bits per heavy atom. The van der Waals surface area contributed by atoms with E-state index in [1.165, 1.54) is 28.9 Å². The van der Waals surface area contributed by atoms with Gasteiger partial charge in [0.05, 0.1) is 11.8 Å². The molecule has 6 heteroatoms. The van der Waals surface area contributed by atoms with Crippen LogP contribution in [0.3, 0.4) is 0 Å². The minimum atomic E-state index is -0.480. The number of fused-ring (bicyclic) bond motifs is 1. The van der Waals surface area contributed by atoms with Crippen LogP contribution in [0.2, 0.25) is 0 Å². The molecule has 2 aromatic heterocycles. The van der Waals surface area contributed by atoms with Gasteiger partial charge in [-0.3, -0.25) is 9.59 Å². The normalized spacial score (nSPS) is 16.8. The van der Waals surface area contributed by atoms with Gasteiger partial charge in [0.15, 0.2) is 5.76 Å². The average Bonchev–Trinajstić information content (AvgIpc) is 3.14. The van der Waals surface area contributed by atoms with E-state index in [-0.39, 0.29) is 11.7 Å². The van der Waals surface area contributed by atoms with Gasteiger partial charge >= 0.3 is 0 Å². The molecule has 2 aromatic rings. The highest BCUT2D eigenvalue weighted by molar-refractivity contribution is 7.17. The lowest BCUT2D eigenvalue weighted by atomic mass is 9.84. The van der Waals surface area contributed by atoms with Crippen LogP contribution in [-0.2, 0) is 12.8 Å². The molecule has 3 N–H and O–H groups in total. The van der Waals surface area contributed by atoms with E-state index in [9.17, 15) is 9.59 Å². The Labute approximate surface area is 138 Å². The van der Waals surface area contributed by atoms with Gasteiger partial charge in [0.1, 0.15) is 5.00 Å². The SMILES string of the molecule is CCC[C@@H]1CCc2c(sc(NC(=O)c3ccco3)c2C(N)=O)C1. The lowest BCUT2D eigenvalue weighted by Crippen LogP contribution is -2.19. The summed E-state index contributed by atoms with van der Waals surface area (Å²) in [6.45, 7) is 2.19. The second-order valence-corrected chi connectivity index (χ2v) is 7.01. The number of amides is 2. The van der Waals surface area contributed by atoms with Crippen LogP contribution >= 0.6 is 11.3 Å². The lowest BCUT2D eigenvalue weighted by molar-refractivity contribution is 0.0997. The van der Waals surface area contributed by atoms with Crippen LogP contribution in [0, 0.1) is 5.92 Å². The van der Waals surface area contributed by atoms with Crippen molar-refractivity contribution in [2.45, 2.75) is 39.0 Å². The molecular formula is C17H20N2O3S. The number of hydrogen-bond acceptors (Lipinski definition) is 4. The molecule has 0 unspecified atom stereocenters. The van der Waals surface area contributed by atoms with Gasteiger partial charge in [-0.25, -0.2) is 0 Å². The Hall–Kier alpha value is -2.08. The number of carbonyl (C=O) groups is 2. The molecule has 0 radical (unpaired) electrons. The molecule has 0 aliphatic heterocycles. The van der Waals surface area contributed by atoms with Crippen LogP contribution in [0.4, 0.5) is 5.00 Å². The van der Waals surface area contributed by atoms with Crippen molar-refractivity contribution in [2.24, 2.45) is 11.7 Å². The van der Waals surface area contributed by atoms with Crippen molar-refractivity contribution in [3.63, 3.8) is 0 Å². The molecule has 2 amide bonds. The van der Waals surface area contributed by atoms with Crippen LogP contribution in [0.25, 0.3) is 0 Å². The quantitative estimate of drug-likeness (QED) is 0.877. The molecule has 0 fully saturated rings. The van der Waals surface area contributed by atoms with Crippen LogP contribution in [-0.4, -0.2) is 11.8 Å². The summed E-state index contributed by atoms with van der Waals surface area (Å²) in [4.78, 5) is 25.2. The molecule has 0 bridgehead atoms. The summed E-state index contributed by atoms with van der Waals surface area (Å²) in [6.07, 6.45) is 6.69. The first kappa shape index (κ1) is 15.8. The summed E-state index contributed by atoms with van der Waals surface area (Å²) in [6, 6.07) is 3.24. The maximum Gasteiger partial charge on any atom is 0.291 e. The van der Waals surface area contributed by atoms with Crippen LogP contribution < -0.4 is 11.1 Å². The molecule has 23 heavy (non-hydrogen) atoms. The Morgan fingerprint density at radius 1 is 1.48 bits per heavy atom. The van der Waals surface area contributed by atoms with Crippen molar-refractivity contribution >= 4 is 28.2 Å². The lowest BCUT2D eigenvalue weighted by Gasteiger charge is -2.21. The fourth-order valence-corrected chi connectivity index (χ4v) is 4.59. The van der Waals surface area contributed by atoms with Crippen LogP contribution in [0.5, 0.6) is 0 Å². The Kier molecular flexibility index (Phi) is 4.52. The van der Waals surface area contributed by atoms with E-state index >= 15 is 0 Å². The van der Waals surface area contributed by atoms with E-state index in [2.05, 4.69) is 12.2 Å². The van der Waals surface area contributed by atoms with E-state index in [4.69, 9.17) is 10.2 Å². The molecule has 1 atom stereocenters. The molecule has 5 nitrogen and oxygen atoms in total. The minimum Gasteiger partial charge on any atom is -0.459 e. The largest absolute Gasteiger partial charge is 0.459 e. The van der Waals surface area contributed by atoms with Crippen molar-refractivity contribution < 1.29 is 14.0 Å². The molecule has 1 aliphatic rings. The van der Waals surface area contributed by atoms with Gasteiger partial charge in [-0.1, -0.05) is 19.8 Å². The highest BCUT2D eigenvalue weighted by Gasteiger charge is 2.28. The molecule has 0 spiro atoms. The minimum absolute atomic E-state index is 0.218. The monoisotopic (exact) mass is 332 g/mol.